The van der Waals surface area contributed by atoms with E-state index in [1.165, 1.54) is 135 Å². The molecule has 0 aliphatic carbocycles. The monoisotopic (exact) mass is 1210 g/mol. The highest BCUT2D eigenvalue weighted by atomic mass is 16.7. The summed E-state index contributed by atoms with van der Waals surface area (Å²) in [5, 5.41) is 9.74. The smallest absolute Gasteiger partial charge is 0.361 e. The van der Waals surface area contributed by atoms with Gasteiger partial charge in [-0.1, -0.05) is 282 Å². The van der Waals surface area contributed by atoms with E-state index in [9.17, 15) is 19.5 Å². The number of unbranched alkanes of at least 4 members (excludes halogenated alkanes) is 24. The number of likely N-dealkylation sites (N-methyl/N-ethyl adjacent to an activating group) is 1. The number of carboxylic acid groups (broad SMARTS) is 1. The topological polar surface area (TPSA) is 108 Å². The summed E-state index contributed by atoms with van der Waals surface area (Å²) >= 11 is 0. The summed E-state index contributed by atoms with van der Waals surface area (Å²) in [7, 11) is 5.95. The van der Waals surface area contributed by atoms with Crippen molar-refractivity contribution in [2.24, 2.45) is 0 Å². The third-order valence-corrected chi connectivity index (χ3v) is 14.6. The number of carboxylic acids is 1. The lowest BCUT2D eigenvalue weighted by atomic mass is 10.0. The molecule has 0 saturated carbocycles. The molecule has 0 aromatic rings. The maximum absolute atomic E-state index is 12.9. The number of hydrogen-bond acceptors (Lipinski definition) is 7. The molecule has 0 rings (SSSR count). The third kappa shape index (κ3) is 68.5. The molecule has 0 radical (unpaired) electrons. The Kier molecular flexibility index (Phi) is 63.4. The van der Waals surface area contributed by atoms with Gasteiger partial charge in [0.2, 0.25) is 0 Å². The fourth-order valence-corrected chi connectivity index (χ4v) is 9.25. The van der Waals surface area contributed by atoms with Crippen LogP contribution in [0.1, 0.15) is 271 Å². The summed E-state index contributed by atoms with van der Waals surface area (Å²) in [4.78, 5) is 37.6. The predicted molar refractivity (Wildman–Crippen MR) is 373 cm³/mol. The Morgan fingerprint density at radius 1 is 0.356 bits per heavy atom. The van der Waals surface area contributed by atoms with Crippen molar-refractivity contribution in [2.45, 2.75) is 283 Å². The first-order valence-electron chi connectivity index (χ1n) is 35.0. The lowest BCUT2D eigenvalue weighted by Crippen LogP contribution is -2.40. The van der Waals surface area contributed by atoms with Crippen LogP contribution >= 0.6 is 0 Å². The van der Waals surface area contributed by atoms with E-state index in [1.54, 1.807) is 0 Å². The number of nitrogens with zero attached hydrogens (tertiary/aromatic N) is 1. The van der Waals surface area contributed by atoms with Gasteiger partial charge in [-0.25, -0.2) is 4.79 Å². The summed E-state index contributed by atoms with van der Waals surface area (Å²) in [6, 6.07) is 0. The number of aliphatic carboxylic acids is 1. The molecular formula is C78H130NO8+. The lowest BCUT2D eigenvalue weighted by molar-refractivity contribution is -0.870. The first-order chi connectivity index (χ1) is 42.6. The van der Waals surface area contributed by atoms with Crippen LogP contribution < -0.4 is 0 Å². The maximum atomic E-state index is 12.9. The number of rotatable bonds is 63. The van der Waals surface area contributed by atoms with Gasteiger partial charge in [0.05, 0.1) is 34.4 Å². The minimum atomic E-state index is -1.53. The Morgan fingerprint density at radius 3 is 1.00 bits per heavy atom. The zero-order valence-corrected chi connectivity index (χ0v) is 56.4. The molecule has 0 heterocycles. The first kappa shape index (κ1) is 82.2. The predicted octanol–water partition coefficient (Wildman–Crippen LogP) is 21.9. The Labute approximate surface area is 534 Å². The van der Waals surface area contributed by atoms with Gasteiger partial charge >= 0.3 is 17.9 Å². The van der Waals surface area contributed by atoms with Gasteiger partial charge < -0.3 is 28.5 Å². The van der Waals surface area contributed by atoms with E-state index >= 15 is 0 Å². The van der Waals surface area contributed by atoms with Gasteiger partial charge in [-0.05, 0) is 122 Å². The van der Waals surface area contributed by atoms with Crippen molar-refractivity contribution in [1.29, 1.82) is 0 Å². The van der Waals surface area contributed by atoms with Crippen LogP contribution in [-0.4, -0.2) is 87.4 Å². The summed E-state index contributed by atoms with van der Waals surface area (Å²) in [6.07, 6.45) is 95.3. The molecule has 0 spiro atoms. The van der Waals surface area contributed by atoms with E-state index in [0.29, 0.717) is 17.4 Å². The minimum Gasteiger partial charge on any atom is -0.477 e. The summed E-state index contributed by atoms with van der Waals surface area (Å²) in [5.74, 6) is -2.07. The van der Waals surface area contributed by atoms with Gasteiger partial charge in [-0.15, -0.1) is 0 Å². The fraction of sp³-hybridized carbons (Fsp3) is 0.654. The summed E-state index contributed by atoms with van der Waals surface area (Å²) in [5.41, 5.74) is 0. The molecule has 0 bridgehead atoms. The van der Waals surface area contributed by atoms with Crippen molar-refractivity contribution >= 4 is 17.9 Å². The molecule has 1 N–H and O–H groups in total. The van der Waals surface area contributed by atoms with Crippen LogP contribution in [0.25, 0.3) is 0 Å². The van der Waals surface area contributed by atoms with Crippen molar-refractivity contribution in [3.8, 4) is 0 Å². The van der Waals surface area contributed by atoms with Crippen molar-refractivity contribution in [2.75, 3.05) is 47.5 Å². The highest BCUT2D eigenvalue weighted by Crippen LogP contribution is 2.16. The normalized spacial score (nSPS) is 13.6. The van der Waals surface area contributed by atoms with E-state index in [1.807, 2.05) is 21.1 Å². The first-order valence-corrected chi connectivity index (χ1v) is 35.0. The van der Waals surface area contributed by atoms with Gasteiger partial charge in [0.15, 0.2) is 6.10 Å². The Hall–Kier alpha value is -4.83. The molecule has 0 aliphatic heterocycles. The van der Waals surface area contributed by atoms with Crippen LogP contribution in [-0.2, 0) is 33.3 Å². The quantitative estimate of drug-likeness (QED) is 0.0211. The molecular weight excluding hydrogens is 1080 g/mol. The molecule has 0 fully saturated rings. The van der Waals surface area contributed by atoms with E-state index in [-0.39, 0.29) is 38.6 Å². The van der Waals surface area contributed by atoms with Crippen LogP contribution in [0.2, 0.25) is 0 Å². The molecule has 0 aromatic heterocycles. The standard InChI is InChI=1S/C78H129NO8/c1-6-8-10-12-14-16-18-20-22-24-26-28-30-32-34-36-37-38-39-41-43-45-47-49-51-53-55-57-59-61-63-65-67-69-76(81)87-74(73-86-78(77(82)83)84-71-70-79(3,4)5)72-85-75(80)68-66-64-62-60-58-56-54-52-50-48-46-44-42-40-35-33-31-29-27-25-23-21-19-17-15-13-11-9-7-2/h8,10,14,16,19-22,25-28,32,34,37-38,41,43,47,49,53,55,59,61,74,78H,6-7,9,11-13,15,17-18,23-24,29-31,33,35-36,39-40,42,44-46,48,50-52,54,56-58,60,62-73H2,1-5H3/p+1/b10-8-,16-14-,21-19-,22-20-,27-25-,28-26-,34-32-,38-37-,43-41-,49-47-,55-53-,61-59-. The number of ether oxygens (including phenoxy) is 4. The Morgan fingerprint density at radius 2 is 0.655 bits per heavy atom. The van der Waals surface area contributed by atoms with E-state index in [0.717, 1.165) is 103 Å². The van der Waals surface area contributed by atoms with Crippen LogP contribution in [0.4, 0.5) is 0 Å². The second kappa shape index (κ2) is 67.1. The van der Waals surface area contributed by atoms with Crippen molar-refractivity contribution in [3.05, 3.63) is 146 Å². The van der Waals surface area contributed by atoms with Gasteiger partial charge in [0.1, 0.15) is 13.2 Å². The molecule has 494 valence electrons. The Balaban J connectivity index is 4.25. The maximum Gasteiger partial charge on any atom is 0.361 e. The molecule has 2 unspecified atom stereocenters. The lowest BCUT2D eigenvalue weighted by Gasteiger charge is -2.25. The molecule has 0 aliphatic rings. The van der Waals surface area contributed by atoms with E-state index in [2.05, 4.69) is 160 Å². The fourth-order valence-electron chi connectivity index (χ4n) is 9.25. The van der Waals surface area contributed by atoms with Gasteiger partial charge in [0, 0.05) is 12.8 Å². The van der Waals surface area contributed by atoms with E-state index in [4.69, 9.17) is 18.9 Å². The second-order valence-corrected chi connectivity index (χ2v) is 24.1. The average molecular weight is 1210 g/mol. The molecule has 87 heavy (non-hydrogen) atoms. The van der Waals surface area contributed by atoms with Crippen LogP contribution in [0.15, 0.2) is 146 Å². The zero-order valence-electron chi connectivity index (χ0n) is 56.4. The van der Waals surface area contributed by atoms with Gasteiger partial charge in [-0.2, -0.15) is 0 Å². The molecule has 2 atom stereocenters. The number of quaternary nitrogens is 1. The summed E-state index contributed by atoms with van der Waals surface area (Å²) in [6.45, 7) is 4.70. The van der Waals surface area contributed by atoms with E-state index < -0.39 is 24.3 Å². The van der Waals surface area contributed by atoms with Crippen LogP contribution in [0.3, 0.4) is 0 Å². The highest BCUT2D eigenvalue weighted by molar-refractivity contribution is 5.71. The number of allylic oxidation sites excluding steroid dienone is 24. The summed E-state index contributed by atoms with van der Waals surface area (Å²) < 4.78 is 22.9. The number of esters is 2. The molecule has 9 nitrogen and oxygen atoms in total. The zero-order chi connectivity index (χ0) is 63.3. The molecule has 0 amide bonds. The van der Waals surface area contributed by atoms with Crippen LogP contribution in [0.5, 0.6) is 0 Å². The van der Waals surface area contributed by atoms with Crippen molar-refractivity contribution < 1.29 is 42.9 Å². The molecule has 0 aromatic carbocycles. The molecule has 0 saturated heterocycles. The molecule has 9 heteroatoms. The third-order valence-electron chi connectivity index (χ3n) is 14.6. The van der Waals surface area contributed by atoms with Crippen LogP contribution in [0, 0.1) is 0 Å². The second-order valence-electron chi connectivity index (χ2n) is 24.1. The SMILES string of the molecule is CC/C=C\C/C=C\C/C=C\C/C=C\C/C=C\C/C=C\C/C=C\C/C=C\C/C=C\C/C=C\CCCCC(=O)OC(COC(=O)CCCCCCCCCCCCCCCCCCC/C=C\C/C=C\CCCCCCC)COC(OCC[N+](C)(C)C)C(=O)O. The van der Waals surface area contributed by atoms with Gasteiger partial charge in [-0.3, -0.25) is 9.59 Å². The van der Waals surface area contributed by atoms with Crippen molar-refractivity contribution in [1.82, 2.24) is 0 Å². The number of carbonyl (C=O) groups excluding carboxylic acids is 2. The van der Waals surface area contributed by atoms with Crippen molar-refractivity contribution in [3.63, 3.8) is 0 Å². The minimum absolute atomic E-state index is 0.172. The number of carbonyl (C=O) groups is 3. The number of hydrogen-bond donors (Lipinski definition) is 1. The Bertz CT molecular complexity index is 1940. The highest BCUT2D eigenvalue weighted by Gasteiger charge is 2.25. The van der Waals surface area contributed by atoms with Gasteiger partial charge in [0.25, 0.3) is 6.29 Å². The average Bonchev–Trinajstić information content (AvgIpc) is 3.59. The largest absolute Gasteiger partial charge is 0.477 e.